The van der Waals surface area contributed by atoms with E-state index in [1.807, 2.05) is 0 Å². The summed E-state index contributed by atoms with van der Waals surface area (Å²) in [5.41, 5.74) is 0.949. The van der Waals surface area contributed by atoms with Gasteiger partial charge in [0.1, 0.15) is 11.5 Å². The Bertz CT molecular complexity index is 594. The van der Waals surface area contributed by atoms with Gasteiger partial charge in [-0.1, -0.05) is 16.8 Å². The Morgan fingerprint density at radius 1 is 1.47 bits per heavy atom. The zero-order valence-electron chi connectivity index (χ0n) is 9.24. The third-order valence-electron chi connectivity index (χ3n) is 2.37. The van der Waals surface area contributed by atoms with E-state index in [2.05, 4.69) is 10.3 Å². The van der Waals surface area contributed by atoms with E-state index in [0.29, 0.717) is 10.7 Å². The van der Waals surface area contributed by atoms with Crippen molar-refractivity contribution < 1.29 is 9.18 Å². The lowest BCUT2D eigenvalue weighted by molar-refractivity contribution is 0.101. The molecule has 88 valence electrons. The van der Waals surface area contributed by atoms with Crippen LogP contribution in [-0.4, -0.2) is 20.8 Å². The number of aromatic nitrogens is 3. The molecule has 4 nitrogen and oxygen atoms in total. The minimum atomic E-state index is -0.513. The molecule has 0 amide bonds. The van der Waals surface area contributed by atoms with Crippen LogP contribution in [0, 0.1) is 12.7 Å². The van der Waals surface area contributed by atoms with Crippen molar-refractivity contribution in [3.63, 3.8) is 0 Å². The van der Waals surface area contributed by atoms with Crippen molar-refractivity contribution >= 4 is 17.4 Å². The number of halogens is 2. The van der Waals surface area contributed by atoms with Crippen LogP contribution >= 0.6 is 11.6 Å². The second kappa shape index (κ2) is 4.25. The van der Waals surface area contributed by atoms with E-state index in [9.17, 15) is 9.18 Å². The Morgan fingerprint density at radius 2 is 2.18 bits per heavy atom. The van der Waals surface area contributed by atoms with Gasteiger partial charge in [0.15, 0.2) is 11.5 Å². The first-order valence-corrected chi connectivity index (χ1v) is 5.27. The lowest BCUT2D eigenvalue weighted by atomic mass is 10.2. The van der Waals surface area contributed by atoms with Crippen LogP contribution in [0.4, 0.5) is 4.39 Å². The zero-order chi connectivity index (χ0) is 12.6. The standard InChI is InChI=1S/C11H9ClFN3O/c1-6-11(7(2)17)14-15-16(6)10-4-3-8(12)5-9(10)13/h3-5H,1-2H3. The predicted molar refractivity (Wildman–Crippen MR) is 61.1 cm³/mol. The molecule has 0 spiro atoms. The van der Waals surface area contributed by atoms with Gasteiger partial charge in [-0.15, -0.1) is 5.10 Å². The summed E-state index contributed by atoms with van der Waals surface area (Å²) in [6.45, 7) is 3.05. The van der Waals surface area contributed by atoms with E-state index in [1.165, 1.54) is 23.7 Å². The van der Waals surface area contributed by atoms with Crippen LogP contribution in [0.1, 0.15) is 23.1 Å². The second-order valence-corrected chi connectivity index (χ2v) is 4.02. The first-order chi connectivity index (χ1) is 8.00. The monoisotopic (exact) mass is 253 g/mol. The maximum absolute atomic E-state index is 13.7. The van der Waals surface area contributed by atoms with Gasteiger partial charge in [-0.3, -0.25) is 4.79 Å². The van der Waals surface area contributed by atoms with E-state index in [-0.39, 0.29) is 17.2 Å². The molecule has 2 rings (SSSR count). The molecule has 1 aromatic carbocycles. The molecule has 0 saturated carbocycles. The quantitative estimate of drug-likeness (QED) is 0.773. The first kappa shape index (κ1) is 11.7. The number of benzene rings is 1. The Hall–Kier alpha value is -1.75. The average molecular weight is 254 g/mol. The Kier molecular flexibility index (Phi) is 2.93. The van der Waals surface area contributed by atoms with E-state index in [1.54, 1.807) is 13.0 Å². The Balaban J connectivity index is 2.57. The van der Waals surface area contributed by atoms with Crippen LogP contribution in [0.3, 0.4) is 0 Å². The fourth-order valence-corrected chi connectivity index (χ4v) is 1.70. The minimum Gasteiger partial charge on any atom is -0.293 e. The number of hydrogen-bond donors (Lipinski definition) is 0. The third-order valence-corrected chi connectivity index (χ3v) is 2.60. The van der Waals surface area contributed by atoms with Gasteiger partial charge in [-0.05, 0) is 25.1 Å². The highest BCUT2D eigenvalue weighted by Gasteiger charge is 2.15. The SMILES string of the molecule is CC(=O)c1nnn(-c2ccc(Cl)cc2F)c1C. The summed E-state index contributed by atoms with van der Waals surface area (Å²) in [5.74, 6) is -0.719. The lowest BCUT2D eigenvalue weighted by Crippen LogP contribution is -2.03. The lowest BCUT2D eigenvalue weighted by Gasteiger charge is -2.04. The van der Waals surface area contributed by atoms with Crippen molar-refractivity contribution in [1.29, 1.82) is 0 Å². The van der Waals surface area contributed by atoms with Crippen LogP contribution in [0.25, 0.3) is 5.69 Å². The van der Waals surface area contributed by atoms with Crippen LogP contribution in [0.2, 0.25) is 5.02 Å². The van der Waals surface area contributed by atoms with Crippen molar-refractivity contribution in [3.05, 3.63) is 40.4 Å². The summed E-state index contributed by atoms with van der Waals surface area (Å²) in [7, 11) is 0. The van der Waals surface area contributed by atoms with Crippen molar-refractivity contribution in [2.24, 2.45) is 0 Å². The maximum Gasteiger partial charge on any atom is 0.181 e. The largest absolute Gasteiger partial charge is 0.293 e. The van der Waals surface area contributed by atoms with Crippen LogP contribution in [-0.2, 0) is 0 Å². The minimum absolute atomic E-state index is 0.205. The van der Waals surface area contributed by atoms with Crippen molar-refractivity contribution in [2.45, 2.75) is 13.8 Å². The highest BCUT2D eigenvalue weighted by atomic mass is 35.5. The fraction of sp³-hybridized carbons (Fsp3) is 0.182. The van der Waals surface area contributed by atoms with Crippen LogP contribution < -0.4 is 0 Å². The molecule has 1 heterocycles. The zero-order valence-corrected chi connectivity index (χ0v) is 9.99. The summed E-state index contributed by atoms with van der Waals surface area (Å²) in [5, 5.41) is 7.78. The van der Waals surface area contributed by atoms with E-state index in [0.717, 1.165) is 0 Å². The summed E-state index contributed by atoms with van der Waals surface area (Å²) in [6, 6.07) is 4.23. The van der Waals surface area contributed by atoms with E-state index < -0.39 is 5.82 Å². The highest BCUT2D eigenvalue weighted by Crippen LogP contribution is 2.19. The molecule has 0 bridgehead atoms. The molecule has 0 aliphatic carbocycles. The maximum atomic E-state index is 13.7. The molecule has 0 unspecified atom stereocenters. The van der Waals surface area contributed by atoms with Gasteiger partial charge < -0.3 is 0 Å². The van der Waals surface area contributed by atoms with Gasteiger partial charge in [-0.25, -0.2) is 9.07 Å². The summed E-state index contributed by atoms with van der Waals surface area (Å²) < 4.78 is 14.9. The van der Waals surface area contributed by atoms with Gasteiger partial charge in [0, 0.05) is 11.9 Å². The molecule has 1 aromatic heterocycles. The molecule has 0 N–H and O–H groups in total. The van der Waals surface area contributed by atoms with Crippen molar-refractivity contribution in [2.75, 3.05) is 0 Å². The van der Waals surface area contributed by atoms with Crippen LogP contribution in [0.5, 0.6) is 0 Å². The Labute approximate surface area is 102 Å². The number of carbonyl (C=O) groups is 1. The Morgan fingerprint density at radius 3 is 2.71 bits per heavy atom. The molecule has 0 atom stereocenters. The topological polar surface area (TPSA) is 47.8 Å². The van der Waals surface area contributed by atoms with Gasteiger partial charge in [-0.2, -0.15) is 0 Å². The summed E-state index contributed by atoms with van der Waals surface area (Å²) in [4.78, 5) is 11.2. The summed E-state index contributed by atoms with van der Waals surface area (Å²) >= 11 is 5.66. The van der Waals surface area contributed by atoms with Gasteiger partial charge in [0.2, 0.25) is 0 Å². The number of ketones is 1. The predicted octanol–water partition coefficient (Wildman–Crippen LogP) is 2.57. The van der Waals surface area contributed by atoms with Crippen LogP contribution in [0.15, 0.2) is 18.2 Å². The smallest absolute Gasteiger partial charge is 0.181 e. The molecule has 0 aliphatic heterocycles. The van der Waals surface area contributed by atoms with Gasteiger partial charge in [0.05, 0.1) is 5.69 Å². The number of Topliss-reactive ketones (excluding diaryl/α,β-unsaturated/α-hetero) is 1. The third kappa shape index (κ3) is 2.06. The molecule has 0 radical (unpaired) electrons. The molecular formula is C11H9ClFN3O. The number of rotatable bonds is 2. The number of nitrogens with zero attached hydrogens (tertiary/aromatic N) is 3. The second-order valence-electron chi connectivity index (χ2n) is 3.59. The first-order valence-electron chi connectivity index (χ1n) is 4.89. The normalized spacial score (nSPS) is 10.6. The molecule has 2 aromatic rings. The molecule has 0 fully saturated rings. The average Bonchev–Trinajstić information content (AvgIpc) is 2.60. The number of hydrogen-bond acceptors (Lipinski definition) is 3. The van der Waals surface area contributed by atoms with E-state index >= 15 is 0 Å². The number of carbonyl (C=O) groups excluding carboxylic acids is 1. The molecule has 0 aliphatic rings. The molecule has 6 heteroatoms. The van der Waals surface area contributed by atoms with Gasteiger partial charge >= 0.3 is 0 Å². The van der Waals surface area contributed by atoms with E-state index in [4.69, 9.17) is 11.6 Å². The molecule has 0 saturated heterocycles. The van der Waals surface area contributed by atoms with Crippen molar-refractivity contribution in [3.8, 4) is 5.69 Å². The summed E-state index contributed by atoms with van der Waals surface area (Å²) in [6.07, 6.45) is 0. The van der Waals surface area contributed by atoms with Gasteiger partial charge in [0.25, 0.3) is 0 Å². The molecule has 17 heavy (non-hydrogen) atoms. The highest BCUT2D eigenvalue weighted by molar-refractivity contribution is 6.30. The molecular weight excluding hydrogens is 245 g/mol. The van der Waals surface area contributed by atoms with Crippen molar-refractivity contribution in [1.82, 2.24) is 15.0 Å². The fourth-order valence-electron chi connectivity index (χ4n) is 1.54.